The summed E-state index contributed by atoms with van der Waals surface area (Å²) in [6.45, 7) is 3.55. The molecule has 1 saturated heterocycles. The first-order valence-corrected chi connectivity index (χ1v) is 9.21. The molecule has 24 heavy (non-hydrogen) atoms. The van der Waals surface area contributed by atoms with E-state index in [1.807, 2.05) is 6.20 Å². The van der Waals surface area contributed by atoms with Crippen LogP contribution < -0.4 is 4.74 Å². The number of hydrogen-bond donors (Lipinski definition) is 0. The van der Waals surface area contributed by atoms with Crippen LogP contribution >= 0.6 is 0 Å². The second-order valence-corrected chi connectivity index (χ2v) is 7.79. The van der Waals surface area contributed by atoms with Crippen LogP contribution in [0.25, 0.3) is 0 Å². The average molecular weight is 320 g/mol. The zero-order valence-electron chi connectivity index (χ0n) is 14.1. The molecule has 1 unspecified atom stereocenters. The Morgan fingerprint density at radius 3 is 2.71 bits per heavy atom. The van der Waals surface area contributed by atoms with E-state index in [0.717, 1.165) is 30.9 Å². The van der Waals surface area contributed by atoms with Crippen LogP contribution in [0.2, 0.25) is 0 Å². The molecule has 3 heterocycles. The fourth-order valence-electron chi connectivity index (χ4n) is 4.82. The molecule has 0 radical (unpaired) electrons. The first-order valence-electron chi connectivity index (χ1n) is 9.21. The number of nitrogens with zero attached hydrogens (tertiary/aromatic N) is 2. The zero-order chi connectivity index (χ0) is 16.0. The van der Waals surface area contributed by atoms with Crippen LogP contribution in [0.15, 0.2) is 42.7 Å². The zero-order valence-corrected chi connectivity index (χ0v) is 14.1. The van der Waals surface area contributed by atoms with Crippen molar-refractivity contribution in [3.05, 3.63) is 59.4 Å². The van der Waals surface area contributed by atoms with E-state index in [9.17, 15) is 0 Å². The third-order valence-electron chi connectivity index (χ3n) is 6.12. The van der Waals surface area contributed by atoms with Crippen molar-refractivity contribution in [3.8, 4) is 5.75 Å². The molecule has 1 atom stereocenters. The van der Waals surface area contributed by atoms with Gasteiger partial charge in [0.15, 0.2) is 0 Å². The van der Waals surface area contributed by atoms with Crippen LogP contribution in [-0.2, 0) is 19.3 Å². The van der Waals surface area contributed by atoms with Gasteiger partial charge in [0.05, 0.1) is 0 Å². The summed E-state index contributed by atoms with van der Waals surface area (Å²) in [7, 11) is 0. The highest BCUT2D eigenvalue weighted by molar-refractivity contribution is 5.39. The fourth-order valence-corrected chi connectivity index (χ4v) is 4.82. The quantitative estimate of drug-likeness (QED) is 0.849. The number of rotatable bonds is 2. The Kier molecular flexibility index (Phi) is 3.37. The number of ether oxygens (including phenoxy) is 1. The Balaban J connectivity index is 1.19. The molecule has 1 spiro atoms. The molecule has 0 saturated carbocycles. The van der Waals surface area contributed by atoms with Gasteiger partial charge in [0.25, 0.3) is 0 Å². The first-order chi connectivity index (χ1) is 11.8. The molecule has 0 N–H and O–H groups in total. The maximum Gasteiger partial charge on any atom is 0.123 e. The number of aromatic nitrogens is 1. The third-order valence-corrected chi connectivity index (χ3v) is 6.12. The van der Waals surface area contributed by atoms with Gasteiger partial charge in [0.1, 0.15) is 11.4 Å². The van der Waals surface area contributed by atoms with Crippen LogP contribution in [0.4, 0.5) is 0 Å². The molecule has 1 aromatic heterocycles. The molecule has 0 amide bonds. The van der Waals surface area contributed by atoms with Crippen molar-refractivity contribution in [2.75, 3.05) is 19.6 Å². The summed E-state index contributed by atoms with van der Waals surface area (Å²) >= 11 is 0. The lowest BCUT2D eigenvalue weighted by atomic mass is 9.86. The maximum atomic E-state index is 6.37. The van der Waals surface area contributed by atoms with Gasteiger partial charge in [0, 0.05) is 51.3 Å². The van der Waals surface area contributed by atoms with E-state index in [1.165, 1.54) is 49.2 Å². The summed E-state index contributed by atoms with van der Waals surface area (Å²) in [4.78, 5) is 6.93. The molecule has 124 valence electrons. The van der Waals surface area contributed by atoms with E-state index >= 15 is 0 Å². The molecule has 2 aromatic rings. The van der Waals surface area contributed by atoms with E-state index in [-0.39, 0.29) is 5.60 Å². The van der Waals surface area contributed by atoms with Crippen molar-refractivity contribution in [1.29, 1.82) is 0 Å². The van der Waals surface area contributed by atoms with Gasteiger partial charge < -0.3 is 9.64 Å². The minimum Gasteiger partial charge on any atom is -0.487 e. The highest BCUT2D eigenvalue weighted by Gasteiger charge is 2.42. The van der Waals surface area contributed by atoms with E-state index in [4.69, 9.17) is 4.74 Å². The summed E-state index contributed by atoms with van der Waals surface area (Å²) in [6.07, 6.45) is 9.82. The largest absolute Gasteiger partial charge is 0.487 e. The Labute approximate surface area is 143 Å². The number of piperidine rings is 1. The van der Waals surface area contributed by atoms with Gasteiger partial charge in [-0.25, -0.2) is 0 Å². The van der Waals surface area contributed by atoms with Gasteiger partial charge in [-0.2, -0.15) is 0 Å². The van der Waals surface area contributed by atoms with Gasteiger partial charge in [-0.3, -0.25) is 4.98 Å². The fraction of sp³-hybridized carbons (Fsp3) is 0.476. The minimum absolute atomic E-state index is 0.0722. The van der Waals surface area contributed by atoms with Gasteiger partial charge in [-0.1, -0.05) is 18.2 Å². The smallest absolute Gasteiger partial charge is 0.123 e. The molecule has 3 aliphatic rings. The molecule has 1 aliphatic carbocycles. The van der Waals surface area contributed by atoms with E-state index < -0.39 is 0 Å². The summed E-state index contributed by atoms with van der Waals surface area (Å²) in [6, 6.07) is 10.8. The number of fused-ring (bicyclic) bond motifs is 2. The standard InChI is InChI=1S/C21H24N2O/c1-2-4-20-18(3-1)13-21(24-20)6-9-23(10-7-21)15-16-11-17-5-8-22-14-19(17)12-16/h1-5,8,14,16H,6-7,9-13,15H2. The number of hydrogen-bond acceptors (Lipinski definition) is 3. The monoisotopic (exact) mass is 320 g/mol. The Morgan fingerprint density at radius 1 is 1.04 bits per heavy atom. The number of para-hydroxylation sites is 1. The van der Waals surface area contributed by atoms with Crippen molar-refractivity contribution in [2.45, 2.75) is 37.7 Å². The first kappa shape index (κ1) is 14.5. The highest BCUT2D eigenvalue weighted by Crippen LogP contribution is 2.41. The second kappa shape index (κ2) is 5.59. The van der Waals surface area contributed by atoms with E-state index in [1.54, 1.807) is 0 Å². The van der Waals surface area contributed by atoms with Crippen LogP contribution in [0.1, 0.15) is 29.5 Å². The van der Waals surface area contributed by atoms with Crippen molar-refractivity contribution < 1.29 is 4.74 Å². The van der Waals surface area contributed by atoms with Crippen LogP contribution in [-0.4, -0.2) is 35.1 Å². The second-order valence-electron chi connectivity index (χ2n) is 7.79. The van der Waals surface area contributed by atoms with Crippen LogP contribution in [0.3, 0.4) is 0 Å². The lowest BCUT2D eigenvalue weighted by Gasteiger charge is -2.39. The Morgan fingerprint density at radius 2 is 1.88 bits per heavy atom. The maximum absolute atomic E-state index is 6.37. The van der Waals surface area contributed by atoms with Gasteiger partial charge in [-0.05, 0) is 47.6 Å². The summed E-state index contributed by atoms with van der Waals surface area (Å²) in [5.74, 6) is 1.88. The van der Waals surface area contributed by atoms with Crippen molar-refractivity contribution in [1.82, 2.24) is 9.88 Å². The predicted octanol–water partition coefficient (Wildman–Crippen LogP) is 3.27. The average Bonchev–Trinajstić information content (AvgIpc) is 3.17. The third kappa shape index (κ3) is 2.51. The normalized spacial score (nSPS) is 24.6. The molecule has 3 heteroatoms. The SMILES string of the molecule is c1ccc2c(c1)CC1(CCN(CC3Cc4ccncc4C3)CC1)O2. The molecular weight excluding hydrogens is 296 g/mol. The summed E-state index contributed by atoms with van der Waals surface area (Å²) in [5.41, 5.74) is 4.44. The number of benzene rings is 1. The van der Waals surface area contributed by atoms with E-state index in [0.29, 0.717) is 0 Å². The Hall–Kier alpha value is -1.87. The lowest BCUT2D eigenvalue weighted by Crippen LogP contribution is -2.48. The lowest BCUT2D eigenvalue weighted by molar-refractivity contribution is 0.0153. The summed E-state index contributed by atoms with van der Waals surface area (Å²) < 4.78 is 6.37. The van der Waals surface area contributed by atoms with Gasteiger partial charge >= 0.3 is 0 Å². The topological polar surface area (TPSA) is 25.4 Å². The molecule has 1 fully saturated rings. The van der Waals surface area contributed by atoms with E-state index in [2.05, 4.69) is 46.4 Å². The number of likely N-dealkylation sites (tertiary alicyclic amines) is 1. The number of pyridine rings is 1. The summed E-state index contributed by atoms with van der Waals surface area (Å²) in [5, 5.41) is 0. The predicted molar refractivity (Wildman–Crippen MR) is 94.3 cm³/mol. The highest BCUT2D eigenvalue weighted by atomic mass is 16.5. The molecule has 3 nitrogen and oxygen atoms in total. The van der Waals surface area contributed by atoms with Crippen LogP contribution in [0.5, 0.6) is 5.75 Å². The van der Waals surface area contributed by atoms with Gasteiger partial charge in [0.2, 0.25) is 0 Å². The van der Waals surface area contributed by atoms with Gasteiger partial charge in [-0.15, -0.1) is 0 Å². The molecule has 2 aliphatic heterocycles. The minimum atomic E-state index is 0.0722. The molecule has 5 rings (SSSR count). The van der Waals surface area contributed by atoms with Crippen molar-refractivity contribution in [2.24, 2.45) is 5.92 Å². The molecule has 1 aromatic carbocycles. The van der Waals surface area contributed by atoms with Crippen LogP contribution in [0, 0.1) is 5.92 Å². The van der Waals surface area contributed by atoms with Crippen molar-refractivity contribution >= 4 is 0 Å². The Bertz CT molecular complexity index is 697. The molecular formula is C21H24N2O. The molecule has 0 bridgehead atoms. The van der Waals surface area contributed by atoms with Crippen molar-refractivity contribution in [3.63, 3.8) is 0 Å².